The largest absolute Gasteiger partial charge is 0.458 e. The maximum Gasteiger partial charge on any atom is 0.306 e. The summed E-state index contributed by atoms with van der Waals surface area (Å²) in [6.07, 6.45) is 20.9. The lowest BCUT2D eigenvalue weighted by atomic mass is 10.1. The highest BCUT2D eigenvalue weighted by Gasteiger charge is 2.06. The molecule has 0 saturated heterocycles. The molecule has 0 saturated carbocycles. The molecule has 0 spiro atoms. The van der Waals surface area contributed by atoms with E-state index in [1.54, 1.807) is 0 Å². The molecule has 0 bridgehead atoms. The van der Waals surface area contributed by atoms with E-state index >= 15 is 0 Å². The fraction of sp³-hybridized carbons (Fsp3) is 0.810. The lowest BCUT2D eigenvalue weighted by Crippen LogP contribution is -2.16. The van der Waals surface area contributed by atoms with Gasteiger partial charge in [-0.25, -0.2) is 0 Å². The Hall–Kier alpha value is -1.16. The van der Waals surface area contributed by atoms with Crippen LogP contribution in [0.4, 0.5) is 0 Å². The van der Waals surface area contributed by atoms with Crippen LogP contribution in [0.1, 0.15) is 96.8 Å². The van der Waals surface area contributed by atoms with Gasteiger partial charge in [0.1, 0.15) is 6.61 Å². The molecule has 0 rings (SSSR count). The summed E-state index contributed by atoms with van der Waals surface area (Å²) < 4.78 is 4.76. The lowest BCUT2D eigenvalue weighted by molar-refractivity contribution is -0.148. The molecule has 4 nitrogen and oxygen atoms in total. The van der Waals surface area contributed by atoms with Crippen LogP contribution in [-0.2, 0) is 14.3 Å². The summed E-state index contributed by atoms with van der Waals surface area (Å²) in [7, 11) is 0. The molecule has 0 aliphatic heterocycles. The highest BCUT2D eigenvalue weighted by atomic mass is 16.5. The maximum atomic E-state index is 11.3. The molecule has 146 valence electrons. The number of ether oxygens (including phenoxy) is 1. The predicted octanol–water partition coefficient (Wildman–Crippen LogP) is 5.13. The molecule has 25 heavy (non-hydrogen) atoms. The Morgan fingerprint density at radius 3 is 1.88 bits per heavy atom. The zero-order chi connectivity index (χ0) is 18.6. The van der Waals surface area contributed by atoms with Crippen molar-refractivity contribution in [2.24, 2.45) is 0 Å². The van der Waals surface area contributed by atoms with Crippen molar-refractivity contribution in [3.05, 3.63) is 12.2 Å². The Kier molecular flexibility index (Phi) is 18.3. The van der Waals surface area contributed by atoms with Crippen LogP contribution >= 0.6 is 0 Å². The molecule has 4 heteroatoms. The van der Waals surface area contributed by atoms with Gasteiger partial charge in [-0.3, -0.25) is 9.59 Å². The molecule has 0 aromatic carbocycles. The van der Waals surface area contributed by atoms with Crippen molar-refractivity contribution < 1.29 is 19.4 Å². The Labute approximate surface area is 154 Å². The number of hydrogen-bond acceptors (Lipinski definition) is 4. The number of Topliss-reactive ketones (excluding diaryl/α,β-unsaturated/α-hetero) is 1. The minimum absolute atomic E-state index is 0.305. The van der Waals surface area contributed by atoms with Crippen LogP contribution in [-0.4, -0.2) is 30.1 Å². The van der Waals surface area contributed by atoms with Crippen molar-refractivity contribution in [3.63, 3.8) is 0 Å². The van der Waals surface area contributed by atoms with E-state index in [-0.39, 0.29) is 12.6 Å². The van der Waals surface area contributed by atoms with E-state index in [4.69, 9.17) is 9.84 Å². The molecular weight excluding hydrogens is 316 g/mol. The summed E-state index contributed by atoms with van der Waals surface area (Å²) in [5.41, 5.74) is 0. The number of esters is 1. The van der Waals surface area contributed by atoms with Gasteiger partial charge in [-0.2, -0.15) is 0 Å². The molecule has 0 heterocycles. The van der Waals surface area contributed by atoms with Gasteiger partial charge in [0.2, 0.25) is 0 Å². The number of rotatable bonds is 18. The molecule has 0 aromatic rings. The maximum absolute atomic E-state index is 11.3. The summed E-state index contributed by atoms with van der Waals surface area (Å²) in [5.74, 6) is -0.808. The van der Waals surface area contributed by atoms with Crippen LogP contribution in [0, 0.1) is 0 Å². The minimum atomic E-state index is -0.569. The molecule has 0 unspecified atom stereocenters. The smallest absolute Gasteiger partial charge is 0.306 e. The van der Waals surface area contributed by atoms with Gasteiger partial charge in [-0.05, 0) is 32.1 Å². The number of ketones is 1. The number of aliphatic hydroxyl groups is 1. The normalized spacial score (nSPS) is 11.1. The first-order chi connectivity index (χ1) is 12.2. The molecule has 1 N–H and O–H groups in total. The average molecular weight is 355 g/mol. The quantitative estimate of drug-likeness (QED) is 0.211. The molecule has 0 aliphatic rings. The summed E-state index contributed by atoms with van der Waals surface area (Å²) in [5, 5.41) is 8.52. The fourth-order valence-electron chi connectivity index (χ4n) is 2.62. The molecule has 0 atom stereocenters. The summed E-state index contributed by atoms with van der Waals surface area (Å²) in [4.78, 5) is 22.1. The number of aliphatic hydroxyl groups excluding tert-OH is 1. The van der Waals surface area contributed by atoms with Gasteiger partial charge in [0.05, 0.1) is 0 Å². The van der Waals surface area contributed by atoms with Gasteiger partial charge in [0.25, 0.3) is 0 Å². The summed E-state index contributed by atoms with van der Waals surface area (Å²) in [6, 6.07) is 0. The van der Waals surface area contributed by atoms with Crippen molar-refractivity contribution in [3.8, 4) is 0 Å². The third kappa shape index (κ3) is 19.0. The summed E-state index contributed by atoms with van der Waals surface area (Å²) >= 11 is 0. The van der Waals surface area contributed by atoms with Crippen LogP contribution in [0.2, 0.25) is 0 Å². The number of carbonyl (C=O) groups is 2. The van der Waals surface area contributed by atoms with E-state index in [0.29, 0.717) is 6.42 Å². The van der Waals surface area contributed by atoms with Crippen molar-refractivity contribution in [2.75, 3.05) is 13.2 Å². The van der Waals surface area contributed by atoms with Crippen LogP contribution in [0.3, 0.4) is 0 Å². The standard InChI is InChI=1S/C21H38O4/c1-2-3-4-5-6-7-8-9-10-11-12-13-14-15-16-17-21(24)25-19-20(23)18-22/h9-10,22H,2-8,11-19H2,1H3. The van der Waals surface area contributed by atoms with Crippen LogP contribution < -0.4 is 0 Å². The van der Waals surface area contributed by atoms with E-state index < -0.39 is 12.4 Å². The second-order valence-corrected chi connectivity index (χ2v) is 6.69. The molecule has 0 aromatic heterocycles. The molecule has 0 fully saturated rings. The highest BCUT2D eigenvalue weighted by molar-refractivity contribution is 5.83. The Morgan fingerprint density at radius 1 is 0.800 bits per heavy atom. The molecule has 0 amide bonds. The number of unbranched alkanes of at least 4 members (excludes halogenated alkanes) is 11. The Bertz CT molecular complexity index is 350. The van der Waals surface area contributed by atoms with Crippen LogP contribution in [0.15, 0.2) is 12.2 Å². The van der Waals surface area contributed by atoms with Crippen LogP contribution in [0.25, 0.3) is 0 Å². The minimum Gasteiger partial charge on any atom is -0.458 e. The van der Waals surface area contributed by atoms with Crippen molar-refractivity contribution in [1.29, 1.82) is 0 Å². The Balaban J connectivity index is 3.24. The topological polar surface area (TPSA) is 63.6 Å². The molecule has 0 radical (unpaired) electrons. The summed E-state index contributed by atoms with van der Waals surface area (Å²) in [6.45, 7) is 1.38. The Morgan fingerprint density at radius 2 is 1.32 bits per heavy atom. The third-order valence-electron chi connectivity index (χ3n) is 4.21. The zero-order valence-corrected chi connectivity index (χ0v) is 16.1. The second-order valence-electron chi connectivity index (χ2n) is 6.69. The monoisotopic (exact) mass is 354 g/mol. The van der Waals surface area contributed by atoms with Crippen LogP contribution in [0.5, 0.6) is 0 Å². The fourth-order valence-corrected chi connectivity index (χ4v) is 2.62. The van der Waals surface area contributed by atoms with Gasteiger partial charge in [-0.1, -0.05) is 70.4 Å². The van der Waals surface area contributed by atoms with Gasteiger partial charge >= 0.3 is 5.97 Å². The van der Waals surface area contributed by atoms with Crippen molar-refractivity contribution >= 4 is 11.8 Å². The van der Waals surface area contributed by atoms with Gasteiger partial charge < -0.3 is 9.84 Å². The zero-order valence-electron chi connectivity index (χ0n) is 16.1. The average Bonchev–Trinajstić information content (AvgIpc) is 2.62. The van der Waals surface area contributed by atoms with Gasteiger partial charge in [0, 0.05) is 6.42 Å². The van der Waals surface area contributed by atoms with Gasteiger partial charge in [-0.15, -0.1) is 0 Å². The first kappa shape index (κ1) is 23.8. The predicted molar refractivity (Wildman–Crippen MR) is 103 cm³/mol. The van der Waals surface area contributed by atoms with E-state index in [1.165, 1.54) is 57.8 Å². The lowest BCUT2D eigenvalue weighted by Gasteiger charge is -2.03. The third-order valence-corrected chi connectivity index (χ3v) is 4.21. The number of hydrogen-bond donors (Lipinski definition) is 1. The van der Waals surface area contributed by atoms with E-state index in [9.17, 15) is 9.59 Å². The van der Waals surface area contributed by atoms with Crippen molar-refractivity contribution in [2.45, 2.75) is 96.8 Å². The first-order valence-corrected chi connectivity index (χ1v) is 10.1. The van der Waals surface area contributed by atoms with E-state index in [0.717, 1.165) is 25.7 Å². The first-order valence-electron chi connectivity index (χ1n) is 10.1. The number of allylic oxidation sites excluding steroid dienone is 2. The van der Waals surface area contributed by atoms with Gasteiger partial charge in [0.15, 0.2) is 12.4 Å². The molecular formula is C21H38O4. The van der Waals surface area contributed by atoms with Crippen molar-refractivity contribution in [1.82, 2.24) is 0 Å². The SMILES string of the molecule is CCCCCCCCC=CCCCCCCCC(=O)OCC(=O)CO. The van der Waals surface area contributed by atoms with E-state index in [1.807, 2.05) is 0 Å². The van der Waals surface area contributed by atoms with E-state index in [2.05, 4.69) is 19.1 Å². The molecule has 0 aliphatic carbocycles. The second kappa shape index (κ2) is 19.2. The highest BCUT2D eigenvalue weighted by Crippen LogP contribution is 2.10. The number of carbonyl (C=O) groups excluding carboxylic acids is 2.